The van der Waals surface area contributed by atoms with E-state index >= 15 is 0 Å². The Labute approximate surface area is 131 Å². The van der Waals surface area contributed by atoms with Gasteiger partial charge >= 0.3 is 6.03 Å². The fourth-order valence-corrected chi connectivity index (χ4v) is 2.01. The summed E-state index contributed by atoms with van der Waals surface area (Å²) in [6.07, 6.45) is 0.924. The number of hydrogen-bond acceptors (Lipinski definition) is 2. The van der Waals surface area contributed by atoms with E-state index in [4.69, 9.17) is 4.74 Å². The Morgan fingerprint density at radius 1 is 1.14 bits per heavy atom. The average molecular weight is 298 g/mol. The third kappa shape index (κ3) is 4.81. The van der Waals surface area contributed by atoms with E-state index < -0.39 is 0 Å². The Hall–Kier alpha value is -2.49. The van der Waals surface area contributed by atoms with Gasteiger partial charge in [-0.2, -0.15) is 0 Å². The number of carbonyl (C=O) groups is 1. The molecule has 4 nitrogen and oxygen atoms in total. The Kier molecular flexibility index (Phi) is 5.83. The second kappa shape index (κ2) is 8.08. The van der Waals surface area contributed by atoms with Gasteiger partial charge in [0.1, 0.15) is 5.75 Å². The highest BCUT2D eigenvalue weighted by Crippen LogP contribution is 2.25. The molecule has 0 bridgehead atoms. The van der Waals surface area contributed by atoms with E-state index in [1.54, 1.807) is 0 Å². The summed E-state index contributed by atoms with van der Waals surface area (Å²) in [5.41, 5.74) is 2.84. The average Bonchev–Trinajstić information content (AvgIpc) is 2.54. The lowest BCUT2D eigenvalue weighted by Gasteiger charge is -2.13. The standard InChI is InChI=1S/C18H22N2O2/c1-3-11-22-17-12-14(2)9-10-16(17)20-18(21)19-13-15-7-5-4-6-8-15/h4-10,12H,3,11,13H2,1-2H3,(H2,19,20,21). The first-order chi connectivity index (χ1) is 10.7. The van der Waals surface area contributed by atoms with Gasteiger partial charge in [0.2, 0.25) is 0 Å². The summed E-state index contributed by atoms with van der Waals surface area (Å²) in [5, 5.41) is 5.68. The predicted molar refractivity (Wildman–Crippen MR) is 89.3 cm³/mol. The van der Waals surface area contributed by atoms with E-state index in [-0.39, 0.29) is 6.03 Å². The fraction of sp³-hybridized carbons (Fsp3) is 0.278. The molecule has 4 heteroatoms. The highest BCUT2D eigenvalue weighted by atomic mass is 16.5. The van der Waals surface area contributed by atoms with Crippen molar-refractivity contribution in [2.75, 3.05) is 11.9 Å². The first-order valence-electron chi connectivity index (χ1n) is 7.51. The van der Waals surface area contributed by atoms with Crippen molar-refractivity contribution in [2.45, 2.75) is 26.8 Å². The van der Waals surface area contributed by atoms with Gasteiger partial charge in [0.25, 0.3) is 0 Å². The van der Waals surface area contributed by atoms with Crippen molar-refractivity contribution in [1.29, 1.82) is 0 Å². The smallest absolute Gasteiger partial charge is 0.319 e. The molecule has 0 radical (unpaired) electrons. The van der Waals surface area contributed by atoms with Crippen LogP contribution in [0.5, 0.6) is 5.75 Å². The minimum atomic E-state index is -0.242. The van der Waals surface area contributed by atoms with E-state index in [0.29, 0.717) is 24.6 Å². The number of benzene rings is 2. The number of carbonyl (C=O) groups excluding carboxylic acids is 1. The minimum absolute atomic E-state index is 0.242. The quantitative estimate of drug-likeness (QED) is 0.843. The van der Waals surface area contributed by atoms with Gasteiger partial charge in [-0.1, -0.05) is 43.3 Å². The normalized spacial score (nSPS) is 10.1. The van der Waals surface area contributed by atoms with Gasteiger partial charge in [-0.05, 0) is 36.6 Å². The molecule has 116 valence electrons. The van der Waals surface area contributed by atoms with Crippen molar-refractivity contribution in [1.82, 2.24) is 5.32 Å². The number of anilines is 1. The molecule has 0 aliphatic rings. The molecule has 0 unspecified atom stereocenters. The van der Waals surface area contributed by atoms with Crippen LogP contribution in [0.3, 0.4) is 0 Å². The molecular weight excluding hydrogens is 276 g/mol. The van der Waals surface area contributed by atoms with Crippen LogP contribution in [0, 0.1) is 6.92 Å². The Bertz CT molecular complexity index is 612. The number of rotatable bonds is 6. The summed E-state index contributed by atoms with van der Waals surface area (Å²) in [5.74, 6) is 0.705. The van der Waals surface area contributed by atoms with Crippen molar-refractivity contribution in [2.24, 2.45) is 0 Å². The zero-order valence-electron chi connectivity index (χ0n) is 13.1. The van der Waals surface area contributed by atoms with Gasteiger partial charge in [0.05, 0.1) is 12.3 Å². The van der Waals surface area contributed by atoms with E-state index in [2.05, 4.69) is 17.6 Å². The maximum atomic E-state index is 12.0. The van der Waals surface area contributed by atoms with Gasteiger partial charge < -0.3 is 15.4 Å². The van der Waals surface area contributed by atoms with E-state index in [1.165, 1.54) is 0 Å². The first kappa shape index (κ1) is 15.9. The van der Waals surface area contributed by atoms with E-state index in [1.807, 2.05) is 55.5 Å². The number of amides is 2. The third-order valence-corrected chi connectivity index (χ3v) is 3.14. The minimum Gasteiger partial charge on any atom is -0.491 e. The molecule has 22 heavy (non-hydrogen) atoms. The lowest BCUT2D eigenvalue weighted by Crippen LogP contribution is -2.28. The second-order valence-corrected chi connectivity index (χ2v) is 5.14. The summed E-state index contributed by atoms with van der Waals surface area (Å²) >= 11 is 0. The Balaban J connectivity index is 1.95. The molecule has 2 aromatic carbocycles. The molecule has 0 atom stereocenters. The predicted octanol–water partition coefficient (Wildman–Crippen LogP) is 4.11. The second-order valence-electron chi connectivity index (χ2n) is 5.14. The summed E-state index contributed by atoms with van der Waals surface area (Å²) < 4.78 is 5.69. The Morgan fingerprint density at radius 2 is 1.91 bits per heavy atom. The van der Waals surface area contributed by atoms with Crippen LogP contribution in [0.1, 0.15) is 24.5 Å². The SMILES string of the molecule is CCCOc1cc(C)ccc1NC(=O)NCc1ccccc1. The van der Waals surface area contributed by atoms with Crippen molar-refractivity contribution < 1.29 is 9.53 Å². The molecule has 0 aliphatic carbocycles. The van der Waals surface area contributed by atoms with Crippen LogP contribution in [-0.4, -0.2) is 12.6 Å². The van der Waals surface area contributed by atoms with Crippen LogP contribution < -0.4 is 15.4 Å². The van der Waals surface area contributed by atoms with Crippen molar-refractivity contribution >= 4 is 11.7 Å². The molecule has 0 saturated carbocycles. The largest absolute Gasteiger partial charge is 0.491 e. The Morgan fingerprint density at radius 3 is 2.64 bits per heavy atom. The molecule has 0 fully saturated rings. The zero-order valence-corrected chi connectivity index (χ0v) is 13.1. The summed E-state index contributed by atoms with van der Waals surface area (Å²) in [6, 6.07) is 15.3. The molecule has 0 aliphatic heterocycles. The first-order valence-corrected chi connectivity index (χ1v) is 7.51. The molecule has 2 N–H and O–H groups in total. The van der Waals surface area contributed by atoms with Gasteiger partial charge in [-0.15, -0.1) is 0 Å². The maximum absolute atomic E-state index is 12.0. The number of ether oxygens (including phenoxy) is 1. The summed E-state index contributed by atoms with van der Waals surface area (Å²) in [4.78, 5) is 12.0. The summed E-state index contributed by atoms with van der Waals surface area (Å²) in [7, 11) is 0. The van der Waals surface area contributed by atoms with E-state index in [9.17, 15) is 4.79 Å². The highest BCUT2D eigenvalue weighted by Gasteiger charge is 2.08. The maximum Gasteiger partial charge on any atom is 0.319 e. The van der Waals surface area contributed by atoms with Crippen LogP contribution in [0.25, 0.3) is 0 Å². The third-order valence-electron chi connectivity index (χ3n) is 3.14. The van der Waals surface area contributed by atoms with Crippen molar-refractivity contribution in [3.8, 4) is 5.75 Å². The van der Waals surface area contributed by atoms with Gasteiger partial charge in [0.15, 0.2) is 0 Å². The number of nitrogens with one attached hydrogen (secondary N) is 2. The number of aryl methyl sites for hydroxylation is 1. The van der Waals surface area contributed by atoms with Gasteiger partial charge in [-0.3, -0.25) is 0 Å². The van der Waals surface area contributed by atoms with Crippen LogP contribution in [0.15, 0.2) is 48.5 Å². The molecular formula is C18H22N2O2. The van der Waals surface area contributed by atoms with E-state index in [0.717, 1.165) is 17.5 Å². The van der Waals surface area contributed by atoms with Crippen LogP contribution in [-0.2, 0) is 6.54 Å². The van der Waals surface area contributed by atoms with Crippen LogP contribution >= 0.6 is 0 Å². The lowest BCUT2D eigenvalue weighted by molar-refractivity contribution is 0.251. The molecule has 2 rings (SSSR count). The van der Waals surface area contributed by atoms with Crippen LogP contribution in [0.4, 0.5) is 10.5 Å². The lowest BCUT2D eigenvalue weighted by atomic mass is 10.2. The zero-order chi connectivity index (χ0) is 15.8. The topological polar surface area (TPSA) is 50.4 Å². The summed E-state index contributed by atoms with van der Waals surface area (Å²) in [6.45, 7) is 5.17. The number of urea groups is 1. The molecule has 0 aromatic heterocycles. The fourth-order valence-electron chi connectivity index (χ4n) is 2.01. The molecule has 0 heterocycles. The van der Waals surface area contributed by atoms with Crippen molar-refractivity contribution in [3.63, 3.8) is 0 Å². The van der Waals surface area contributed by atoms with Gasteiger partial charge in [0, 0.05) is 6.54 Å². The molecule has 0 saturated heterocycles. The van der Waals surface area contributed by atoms with Crippen LogP contribution in [0.2, 0.25) is 0 Å². The van der Waals surface area contributed by atoms with Gasteiger partial charge in [-0.25, -0.2) is 4.79 Å². The molecule has 2 amide bonds. The highest BCUT2D eigenvalue weighted by molar-refractivity contribution is 5.90. The monoisotopic (exact) mass is 298 g/mol. The molecule has 0 spiro atoms. The number of hydrogen-bond donors (Lipinski definition) is 2. The van der Waals surface area contributed by atoms with Crippen molar-refractivity contribution in [3.05, 3.63) is 59.7 Å². The molecule has 2 aromatic rings.